The molecule has 0 radical (unpaired) electrons. The minimum atomic E-state index is 0.0158. The molecule has 146 valence electrons. The smallest absolute Gasteiger partial charge is 0.260 e. The van der Waals surface area contributed by atoms with Gasteiger partial charge in [0.25, 0.3) is 5.91 Å². The maximum Gasteiger partial charge on any atom is 0.260 e. The van der Waals surface area contributed by atoms with Crippen LogP contribution in [0.4, 0.5) is 0 Å². The second-order valence-electron chi connectivity index (χ2n) is 6.84. The highest BCUT2D eigenvalue weighted by Gasteiger charge is 2.17. The average Bonchev–Trinajstić information content (AvgIpc) is 3.11. The van der Waals surface area contributed by atoms with Crippen LogP contribution < -0.4 is 4.74 Å². The van der Waals surface area contributed by atoms with Crippen molar-refractivity contribution in [2.45, 2.75) is 13.0 Å². The lowest BCUT2D eigenvalue weighted by molar-refractivity contribution is -0.134. The van der Waals surface area contributed by atoms with Gasteiger partial charge in [0, 0.05) is 45.1 Å². The van der Waals surface area contributed by atoms with Crippen molar-refractivity contribution in [2.24, 2.45) is 7.05 Å². The largest absolute Gasteiger partial charge is 0.484 e. The quantitative estimate of drug-likeness (QED) is 0.678. The van der Waals surface area contributed by atoms with Crippen molar-refractivity contribution in [3.05, 3.63) is 54.4 Å². The van der Waals surface area contributed by atoms with E-state index in [1.54, 1.807) is 0 Å². The molecule has 0 unspecified atom stereocenters. The lowest BCUT2D eigenvalue weighted by Crippen LogP contribution is -2.40. The number of aryl methyl sites for hydroxylation is 1. The molecule has 0 saturated carbocycles. The molecule has 2 heterocycles. The van der Waals surface area contributed by atoms with E-state index in [1.165, 1.54) is 0 Å². The molecule has 3 rings (SSSR count). The van der Waals surface area contributed by atoms with Crippen LogP contribution in [0.3, 0.4) is 0 Å². The molecule has 0 bridgehead atoms. The summed E-state index contributed by atoms with van der Waals surface area (Å²) in [5, 5.41) is 0. The van der Waals surface area contributed by atoms with Crippen LogP contribution in [-0.2, 0) is 23.1 Å². The number of carbonyl (C=O) groups excluding carboxylic acids is 1. The fourth-order valence-electron chi connectivity index (χ4n) is 3.21. The Balaban J connectivity index is 1.54. The predicted molar refractivity (Wildman–Crippen MR) is 105 cm³/mol. The zero-order valence-electron chi connectivity index (χ0n) is 16.0. The predicted octanol–water partition coefficient (Wildman–Crippen LogP) is 2.15. The third-order valence-corrected chi connectivity index (χ3v) is 4.87. The number of amides is 1. The number of para-hydroxylation sites is 1. The van der Waals surface area contributed by atoms with E-state index in [-0.39, 0.29) is 12.5 Å². The van der Waals surface area contributed by atoms with Gasteiger partial charge in [0.05, 0.1) is 19.8 Å². The number of aromatic nitrogens is 1. The molecule has 0 spiro atoms. The minimum Gasteiger partial charge on any atom is -0.484 e. The Morgan fingerprint density at radius 3 is 2.63 bits per heavy atom. The summed E-state index contributed by atoms with van der Waals surface area (Å²) in [5.41, 5.74) is 1.12. The van der Waals surface area contributed by atoms with Crippen molar-refractivity contribution in [1.82, 2.24) is 14.4 Å². The molecule has 6 nitrogen and oxygen atoms in total. The van der Waals surface area contributed by atoms with Crippen LogP contribution in [0, 0.1) is 0 Å². The zero-order chi connectivity index (χ0) is 18.9. The maximum absolute atomic E-state index is 12.8. The lowest BCUT2D eigenvalue weighted by atomic mass is 10.3. The van der Waals surface area contributed by atoms with Crippen molar-refractivity contribution >= 4 is 5.91 Å². The zero-order valence-corrected chi connectivity index (χ0v) is 16.0. The van der Waals surface area contributed by atoms with E-state index in [9.17, 15) is 4.79 Å². The summed E-state index contributed by atoms with van der Waals surface area (Å²) in [6.45, 7) is 5.93. The van der Waals surface area contributed by atoms with Gasteiger partial charge in [0.1, 0.15) is 5.75 Å². The Labute approximate surface area is 161 Å². The van der Waals surface area contributed by atoms with E-state index in [4.69, 9.17) is 9.47 Å². The Hall–Kier alpha value is -2.31. The molecular formula is C21H29N3O3. The van der Waals surface area contributed by atoms with E-state index in [0.717, 1.165) is 57.3 Å². The molecule has 2 aromatic rings. The van der Waals surface area contributed by atoms with E-state index in [0.29, 0.717) is 6.54 Å². The van der Waals surface area contributed by atoms with Gasteiger partial charge in [-0.15, -0.1) is 0 Å². The Bertz CT molecular complexity index is 696. The normalized spacial score (nSPS) is 14.9. The molecule has 1 aliphatic heterocycles. The monoisotopic (exact) mass is 371 g/mol. The second-order valence-corrected chi connectivity index (χ2v) is 6.84. The summed E-state index contributed by atoms with van der Waals surface area (Å²) in [5.74, 6) is 0.736. The van der Waals surface area contributed by atoms with Crippen molar-refractivity contribution in [2.75, 3.05) is 46.0 Å². The molecule has 6 heteroatoms. The average molecular weight is 371 g/mol. The molecule has 1 aromatic carbocycles. The molecule has 1 aliphatic rings. The summed E-state index contributed by atoms with van der Waals surface area (Å²) in [4.78, 5) is 17.1. The van der Waals surface area contributed by atoms with Gasteiger partial charge in [-0.1, -0.05) is 18.2 Å². The SMILES string of the molecule is Cn1cccc1CN(CCCN1CCOCC1)C(=O)COc1ccccc1. The number of benzene rings is 1. The fraction of sp³-hybridized carbons (Fsp3) is 0.476. The molecule has 0 atom stereocenters. The summed E-state index contributed by atoms with van der Waals surface area (Å²) in [6, 6.07) is 13.5. The highest BCUT2D eigenvalue weighted by atomic mass is 16.5. The van der Waals surface area contributed by atoms with Crippen molar-refractivity contribution in [3.8, 4) is 5.75 Å². The molecule has 1 fully saturated rings. The van der Waals surface area contributed by atoms with Crippen molar-refractivity contribution < 1.29 is 14.3 Å². The highest BCUT2D eigenvalue weighted by Crippen LogP contribution is 2.11. The Kier molecular flexibility index (Phi) is 7.30. The van der Waals surface area contributed by atoms with Gasteiger partial charge in [-0.2, -0.15) is 0 Å². The fourth-order valence-corrected chi connectivity index (χ4v) is 3.21. The first-order valence-electron chi connectivity index (χ1n) is 9.58. The van der Waals surface area contributed by atoms with Gasteiger partial charge in [-0.3, -0.25) is 9.69 Å². The van der Waals surface area contributed by atoms with Gasteiger partial charge in [-0.05, 0) is 30.7 Å². The molecule has 0 aliphatic carbocycles. The summed E-state index contributed by atoms with van der Waals surface area (Å²) in [6.07, 6.45) is 2.95. The number of carbonyl (C=O) groups is 1. The van der Waals surface area contributed by atoms with E-state index in [1.807, 2.05) is 54.5 Å². The van der Waals surface area contributed by atoms with Crippen LogP contribution in [0.1, 0.15) is 12.1 Å². The third kappa shape index (κ3) is 6.12. The van der Waals surface area contributed by atoms with Crippen LogP contribution >= 0.6 is 0 Å². The van der Waals surface area contributed by atoms with Gasteiger partial charge in [-0.25, -0.2) is 0 Å². The number of rotatable bonds is 9. The maximum atomic E-state index is 12.8. The second kappa shape index (κ2) is 10.1. The third-order valence-electron chi connectivity index (χ3n) is 4.87. The summed E-state index contributed by atoms with van der Waals surface area (Å²) < 4.78 is 13.1. The first kappa shape index (κ1) is 19.5. The number of hydrogen-bond donors (Lipinski definition) is 0. The summed E-state index contributed by atoms with van der Waals surface area (Å²) in [7, 11) is 2.01. The van der Waals surface area contributed by atoms with Crippen molar-refractivity contribution in [3.63, 3.8) is 0 Å². The van der Waals surface area contributed by atoms with Crippen molar-refractivity contribution in [1.29, 1.82) is 0 Å². The first-order valence-corrected chi connectivity index (χ1v) is 9.58. The Morgan fingerprint density at radius 2 is 1.93 bits per heavy atom. The topological polar surface area (TPSA) is 46.9 Å². The summed E-state index contributed by atoms with van der Waals surface area (Å²) >= 11 is 0. The number of nitrogens with zero attached hydrogens (tertiary/aromatic N) is 3. The van der Waals surface area contributed by atoms with Crippen LogP contribution in [0.25, 0.3) is 0 Å². The number of morpholine rings is 1. The number of hydrogen-bond acceptors (Lipinski definition) is 4. The molecule has 1 saturated heterocycles. The highest BCUT2D eigenvalue weighted by molar-refractivity contribution is 5.77. The van der Waals surface area contributed by atoms with E-state index < -0.39 is 0 Å². The van der Waals surface area contributed by atoms with Gasteiger partial charge >= 0.3 is 0 Å². The first-order chi connectivity index (χ1) is 13.2. The molecule has 27 heavy (non-hydrogen) atoms. The number of ether oxygens (including phenoxy) is 2. The molecule has 1 amide bonds. The van der Waals surface area contributed by atoms with Gasteiger partial charge < -0.3 is 18.9 Å². The van der Waals surface area contributed by atoms with Gasteiger partial charge in [0.2, 0.25) is 0 Å². The standard InChI is InChI=1S/C21H29N3O3/c1-22-10-5-7-19(22)17-24(12-6-11-23-13-15-26-16-14-23)21(25)18-27-20-8-3-2-4-9-20/h2-5,7-10H,6,11-18H2,1H3. The van der Waals surface area contributed by atoms with Crippen LogP contribution in [-0.4, -0.2) is 66.3 Å². The van der Waals surface area contributed by atoms with E-state index in [2.05, 4.69) is 15.5 Å². The van der Waals surface area contributed by atoms with Crippen LogP contribution in [0.2, 0.25) is 0 Å². The van der Waals surface area contributed by atoms with Gasteiger partial charge in [0.15, 0.2) is 6.61 Å². The van der Waals surface area contributed by atoms with Crippen LogP contribution in [0.5, 0.6) is 5.75 Å². The Morgan fingerprint density at radius 1 is 1.15 bits per heavy atom. The van der Waals surface area contributed by atoms with E-state index >= 15 is 0 Å². The lowest BCUT2D eigenvalue weighted by Gasteiger charge is -2.28. The molecule has 0 N–H and O–H groups in total. The molecule has 1 aromatic heterocycles. The van der Waals surface area contributed by atoms with Crippen LogP contribution in [0.15, 0.2) is 48.7 Å². The minimum absolute atomic E-state index is 0.0158. The molecular weight excluding hydrogens is 342 g/mol.